The van der Waals surface area contributed by atoms with Crippen molar-refractivity contribution in [2.24, 2.45) is 0 Å². The first kappa shape index (κ1) is 18.1. The number of aromatic nitrogens is 1. The molecule has 0 aliphatic rings. The number of nitrogens with one attached hydrogen (secondary N) is 2. The second-order valence-electron chi connectivity index (χ2n) is 5.84. The molecule has 2 N–H and O–H groups in total. The van der Waals surface area contributed by atoms with Gasteiger partial charge >= 0.3 is 0 Å². The average Bonchev–Trinajstić information content (AvgIpc) is 2.68. The van der Waals surface area contributed by atoms with Crippen LogP contribution in [0.1, 0.15) is 15.9 Å². The van der Waals surface area contributed by atoms with Crippen molar-refractivity contribution in [1.82, 2.24) is 4.98 Å². The number of hydrogen-bond donors (Lipinski definition) is 2. The number of ether oxygens (including phenoxy) is 1. The molecule has 3 aromatic rings. The molecule has 0 spiro atoms. The first-order valence-corrected chi connectivity index (χ1v) is 8.42. The Balaban J connectivity index is 1.66. The number of amides is 2. The van der Waals surface area contributed by atoms with Gasteiger partial charge in [-0.1, -0.05) is 30.3 Å². The predicted molar refractivity (Wildman–Crippen MR) is 104 cm³/mol. The lowest BCUT2D eigenvalue weighted by atomic mass is 10.1. The quantitative estimate of drug-likeness (QED) is 0.702. The van der Waals surface area contributed by atoms with E-state index >= 15 is 0 Å². The van der Waals surface area contributed by atoms with Crippen molar-refractivity contribution in [1.29, 1.82) is 0 Å². The lowest BCUT2D eigenvalue weighted by Gasteiger charge is -2.12. The van der Waals surface area contributed by atoms with Crippen LogP contribution in [0.2, 0.25) is 0 Å². The molecule has 0 aliphatic carbocycles. The first-order chi connectivity index (χ1) is 13.1. The lowest BCUT2D eigenvalue weighted by molar-refractivity contribution is -0.118. The summed E-state index contributed by atoms with van der Waals surface area (Å²) in [4.78, 5) is 28.7. The summed E-state index contributed by atoms with van der Waals surface area (Å²) < 4.78 is 5.55. The van der Waals surface area contributed by atoms with E-state index in [1.807, 2.05) is 25.1 Å². The van der Waals surface area contributed by atoms with Crippen LogP contribution in [0.3, 0.4) is 0 Å². The minimum absolute atomic E-state index is 0.149. The zero-order chi connectivity index (χ0) is 19.1. The number of carbonyl (C=O) groups is 2. The zero-order valence-electron chi connectivity index (χ0n) is 14.8. The summed E-state index contributed by atoms with van der Waals surface area (Å²) in [5.41, 5.74) is 2.29. The van der Waals surface area contributed by atoms with Gasteiger partial charge < -0.3 is 15.4 Å². The standard InChI is InChI=1S/C21H19N3O3/c1-15-7-2-5-11-19(15)27-14-20(25)24-18-10-4-3-9-17(18)21(26)23-16-8-6-12-22-13-16/h2-13H,14H2,1H3,(H,23,26)(H,24,25). The smallest absolute Gasteiger partial charge is 0.262 e. The number of anilines is 2. The van der Waals surface area contributed by atoms with Crippen LogP contribution in [0, 0.1) is 6.92 Å². The maximum atomic E-state index is 12.5. The fourth-order valence-electron chi connectivity index (χ4n) is 2.47. The normalized spacial score (nSPS) is 10.1. The van der Waals surface area contributed by atoms with Gasteiger partial charge in [-0.05, 0) is 42.8 Å². The molecule has 0 saturated heterocycles. The molecule has 0 atom stereocenters. The Bertz CT molecular complexity index is 942. The predicted octanol–water partition coefficient (Wildman–Crippen LogP) is 3.66. The summed E-state index contributed by atoms with van der Waals surface area (Å²) >= 11 is 0. The Morgan fingerprint density at radius 3 is 2.52 bits per heavy atom. The molecule has 1 aromatic heterocycles. The van der Waals surface area contributed by atoms with Crippen LogP contribution in [0.25, 0.3) is 0 Å². The van der Waals surface area contributed by atoms with Gasteiger partial charge in [-0.15, -0.1) is 0 Å². The molecule has 2 amide bonds. The van der Waals surface area contributed by atoms with Crippen LogP contribution >= 0.6 is 0 Å². The SMILES string of the molecule is Cc1ccccc1OCC(=O)Nc1ccccc1C(=O)Nc1cccnc1. The molecule has 0 radical (unpaired) electrons. The third kappa shape index (κ3) is 4.92. The third-order valence-corrected chi connectivity index (χ3v) is 3.82. The maximum absolute atomic E-state index is 12.5. The Hall–Kier alpha value is -3.67. The van der Waals surface area contributed by atoms with Crippen molar-refractivity contribution in [2.45, 2.75) is 6.92 Å². The molecule has 0 bridgehead atoms. The van der Waals surface area contributed by atoms with Crippen LogP contribution in [0.5, 0.6) is 5.75 Å². The van der Waals surface area contributed by atoms with E-state index in [0.717, 1.165) is 5.56 Å². The summed E-state index contributed by atoms with van der Waals surface area (Å²) in [5, 5.41) is 5.48. The van der Waals surface area contributed by atoms with Gasteiger partial charge in [0.2, 0.25) is 0 Å². The molecule has 0 fully saturated rings. The maximum Gasteiger partial charge on any atom is 0.262 e. The molecule has 136 valence electrons. The van der Waals surface area contributed by atoms with E-state index < -0.39 is 0 Å². The molecule has 6 heteroatoms. The van der Waals surface area contributed by atoms with E-state index in [1.165, 1.54) is 0 Å². The number of aryl methyl sites for hydroxylation is 1. The molecule has 1 heterocycles. The van der Waals surface area contributed by atoms with Gasteiger partial charge in [0, 0.05) is 6.20 Å². The van der Waals surface area contributed by atoms with Crippen molar-refractivity contribution >= 4 is 23.2 Å². The molecular weight excluding hydrogens is 342 g/mol. The topological polar surface area (TPSA) is 80.3 Å². The van der Waals surface area contributed by atoms with Gasteiger partial charge in [-0.3, -0.25) is 14.6 Å². The molecule has 0 unspecified atom stereocenters. The largest absolute Gasteiger partial charge is 0.483 e. The van der Waals surface area contributed by atoms with Crippen LogP contribution < -0.4 is 15.4 Å². The highest BCUT2D eigenvalue weighted by atomic mass is 16.5. The third-order valence-electron chi connectivity index (χ3n) is 3.82. The molecule has 0 aliphatic heterocycles. The van der Waals surface area contributed by atoms with Crippen LogP contribution in [-0.2, 0) is 4.79 Å². The van der Waals surface area contributed by atoms with Crippen molar-refractivity contribution < 1.29 is 14.3 Å². The summed E-state index contributed by atoms with van der Waals surface area (Å²) in [6.45, 7) is 1.76. The number of carbonyl (C=O) groups excluding carboxylic acids is 2. The Kier molecular flexibility index (Phi) is 5.79. The first-order valence-electron chi connectivity index (χ1n) is 8.42. The number of benzene rings is 2. The van der Waals surface area contributed by atoms with Gasteiger partial charge in [0.1, 0.15) is 5.75 Å². The summed E-state index contributed by atoms with van der Waals surface area (Å²) in [5.74, 6) is -0.0335. The molecule has 0 saturated carbocycles. The van der Waals surface area contributed by atoms with E-state index in [9.17, 15) is 9.59 Å². The minimum atomic E-state index is -0.347. The lowest BCUT2D eigenvalue weighted by Crippen LogP contribution is -2.23. The highest BCUT2D eigenvalue weighted by molar-refractivity contribution is 6.10. The second-order valence-corrected chi connectivity index (χ2v) is 5.84. The molecular formula is C21H19N3O3. The average molecular weight is 361 g/mol. The summed E-state index contributed by atoms with van der Waals surface area (Å²) in [6, 6.07) is 17.7. The number of nitrogens with zero attached hydrogens (tertiary/aromatic N) is 1. The van der Waals surface area contributed by atoms with Gasteiger partial charge in [0.25, 0.3) is 11.8 Å². The molecule has 2 aromatic carbocycles. The van der Waals surface area contributed by atoms with Crippen molar-refractivity contribution in [3.8, 4) is 5.75 Å². The Morgan fingerprint density at radius 2 is 1.74 bits per heavy atom. The van der Waals surface area contributed by atoms with Crippen molar-refractivity contribution in [2.75, 3.05) is 17.2 Å². The van der Waals surface area contributed by atoms with Gasteiger partial charge in [-0.25, -0.2) is 0 Å². The molecule has 3 rings (SSSR count). The highest BCUT2D eigenvalue weighted by Gasteiger charge is 2.14. The molecule has 27 heavy (non-hydrogen) atoms. The number of pyridine rings is 1. The van der Waals surface area contributed by atoms with Crippen molar-refractivity contribution in [3.63, 3.8) is 0 Å². The number of rotatable bonds is 6. The monoisotopic (exact) mass is 361 g/mol. The second kappa shape index (κ2) is 8.62. The van der Waals surface area contributed by atoms with Crippen LogP contribution in [-0.4, -0.2) is 23.4 Å². The number of hydrogen-bond acceptors (Lipinski definition) is 4. The fourth-order valence-corrected chi connectivity index (χ4v) is 2.47. The van der Waals surface area contributed by atoms with E-state index in [4.69, 9.17) is 4.74 Å². The van der Waals surface area contributed by atoms with Gasteiger partial charge in [-0.2, -0.15) is 0 Å². The van der Waals surface area contributed by atoms with Gasteiger partial charge in [0.05, 0.1) is 23.1 Å². The van der Waals surface area contributed by atoms with E-state index in [0.29, 0.717) is 22.7 Å². The fraction of sp³-hybridized carbons (Fsp3) is 0.0952. The Labute approximate surface area is 157 Å². The van der Waals surface area contributed by atoms with Crippen LogP contribution in [0.15, 0.2) is 73.1 Å². The number of para-hydroxylation sites is 2. The van der Waals surface area contributed by atoms with E-state index in [-0.39, 0.29) is 18.4 Å². The van der Waals surface area contributed by atoms with Crippen LogP contribution in [0.4, 0.5) is 11.4 Å². The van der Waals surface area contributed by atoms with Gasteiger partial charge in [0.15, 0.2) is 6.61 Å². The highest BCUT2D eigenvalue weighted by Crippen LogP contribution is 2.18. The van der Waals surface area contributed by atoms with Crippen molar-refractivity contribution in [3.05, 3.63) is 84.2 Å². The Morgan fingerprint density at radius 1 is 0.963 bits per heavy atom. The minimum Gasteiger partial charge on any atom is -0.483 e. The summed E-state index contributed by atoms with van der Waals surface area (Å²) in [7, 11) is 0. The zero-order valence-corrected chi connectivity index (χ0v) is 14.8. The summed E-state index contributed by atoms with van der Waals surface area (Å²) in [6.07, 6.45) is 3.17. The molecule has 6 nitrogen and oxygen atoms in total. The van der Waals surface area contributed by atoms with E-state index in [1.54, 1.807) is 54.9 Å². The van der Waals surface area contributed by atoms with E-state index in [2.05, 4.69) is 15.6 Å².